The van der Waals surface area contributed by atoms with E-state index in [-0.39, 0.29) is 0 Å². The molecule has 0 aromatic heterocycles. The molecule has 2 aliphatic rings. The van der Waals surface area contributed by atoms with Crippen LogP contribution in [0, 0.1) is 5.92 Å². The minimum absolute atomic E-state index is 0.413. The van der Waals surface area contributed by atoms with Gasteiger partial charge >= 0.3 is 0 Å². The normalized spacial score (nSPS) is 27.9. The zero-order valence-corrected chi connectivity index (χ0v) is 11.4. The third kappa shape index (κ3) is 3.96. The van der Waals surface area contributed by atoms with Gasteiger partial charge in [0.05, 0.1) is 5.60 Å². The molecular formula is C15H29NO. The highest BCUT2D eigenvalue weighted by Crippen LogP contribution is 2.29. The fraction of sp³-hybridized carbons (Fsp3) is 1.00. The lowest BCUT2D eigenvalue weighted by molar-refractivity contribution is 0.0215. The van der Waals surface area contributed by atoms with Crippen LogP contribution in [0.5, 0.6) is 0 Å². The monoisotopic (exact) mass is 239 g/mol. The molecule has 17 heavy (non-hydrogen) atoms. The Morgan fingerprint density at radius 2 is 1.65 bits per heavy atom. The summed E-state index contributed by atoms with van der Waals surface area (Å²) in [6.45, 7) is 3.11. The Balaban J connectivity index is 1.75. The van der Waals surface area contributed by atoms with Crippen LogP contribution in [0.2, 0.25) is 0 Å². The van der Waals surface area contributed by atoms with Crippen molar-refractivity contribution in [2.24, 2.45) is 5.92 Å². The van der Waals surface area contributed by atoms with Gasteiger partial charge in [-0.05, 0) is 38.5 Å². The van der Waals surface area contributed by atoms with Gasteiger partial charge < -0.3 is 10.4 Å². The van der Waals surface area contributed by atoms with E-state index in [1.54, 1.807) is 0 Å². The van der Waals surface area contributed by atoms with Crippen LogP contribution in [-0.4, -0.2) is 23.3 Å². The maximum atomic E-state index is 10.6. The topological polar surface area (TPSA) is 32.3 Å². The van der Waals surface area contributed by atoms with E-state index in [0.29, 0.717) is 6.04 Å². The number of hydrogen-bond acceptors (Lipinski definition) is 2. The molecule has 0 saturated heterocycles. The van der Waals surface area contributed by atoms with E-state index in [2.05, 4.69) is 12.2 Å². The van der Waals surface area contributed by atoms with Crippen LogP contribution in [0.15, 0.2) is 0 Å². The third-order valence-corrected chi connectivity index (χ3v) is 4.89. The highest BCUT2D eigenvalue weighted by molar-refractivity contribution is 4.86. The van der Waals surface area contributed by atoms with Crippen molar-refractivity contribution in [2.45, 2.75) is 82.8 Å². The summed E-state index contributed by atoms with van der Waals surface area (Å²) in [6.07, 6.45) is 12.6. The van der Waals surface area contributed by atoms with E-state index in [0.717, 1.165) is 25.3 Å². The second-order valence-corrected chi connectivity index (χ2v) is 6.35. The zero-order chi connectivity index (χ0) is 12.1. The molecule has 0 radical (unpaired) electrons. The van der Waals surface area contributed by atoms with Gasteiger partial charge in [-0.25, -0.2) is 0 Å². The molecule has 0 amide bonds. The molecule has 0 bridgehead atoms. The molecule has 2 heteroatoms. The van der Waals surface area contributed by atoms with Crippen LogP contribution in [0.1, 0.15) is 71.1 Å². The van der Waals surface area contributed by atoms with Crippen molar-refractivity contribution in [1.82, 2.24) is 5.32 Å². The smallest absolute Gasteiger partial charge is 0.0771 e. The van der Waals surface area contributed by atoms with Crippen molar-refractivity contribution in [3.63, 3.8) is 0 Å². The van der Waals surface area contributed by atoms with E-state index in [1.165, 1.54) is 51.4 Å². The Bertz CT molecular complexity index is 215. The summed E-state index contributed by atoms with van der Waals surface area (Å²) in [5.74, 6) is 0.851. The molecule has 2 saturated carbocycles. The van der Waals surface area contributed by atoms with Crippen LogP contribution in [0.25, 0.3) is 0 Å². The first-order valence-electron chi connectivity index (χ1n) is 7.65. The minimum Gasteiger partial charge on any atom is -0.389 e. The molecule has 2 N–H and O–H groups in total. The van der Waals surface area contributed by atoms with Gasteiger partial charge in [-0.2, -0.15) is 0 Å². The molecule has 1 unspecified atom stereocenters. The summed E-state index contributed by atoms with van der Waals surface area (Å²) in [5, 5.41) is 14.2. The van der Waals surface area contributed by atoms with E-state index in [1.807, 2.05) is 0 Å². The molecule has 2 fully saturated rings. The van der Waals surface area contributed by atoms with Gasteiger partial charge in [-0.15, -0.1) is 0 Å². The van der Waals surface area contributed by atoms with Crippen molar-refractivity contribution in [3.8, 4) is 0 Å². The Kier molecular flexibility index (Phi) is 4.87. The van der Waals surface area contributed by atoms with Gasteiger partial charge in [0.2, 0.25) is 0 Å². The molecule has 100 valence electrons. The largest absolute Gasteiger partial charge is 0.389 e. The van der Waals surface area contributed by atoms with E-state index >= 15 is 0 Å². The highest BCUT2D eigenvalue weighted by Gasteiger charge is 2.29. The zero-order valence-electron chi connectivity index (χ0n) is 11.4. The van der Waals surface area contributed by atoms with Crippen LogP contribution in [0.4, 0.5) is 0 Å². The minimum atomic E-state index is -0.413. The summed E-state index contributed by atoms with van der Waals surface area (Å²) in [4.78, 5) is 0. The molecule has 2 nitrogen and oxygen atoms in total. The van der Waals surface area contributed by atoms with Gasteiger partial charge in [-0.3, -0.25) is 0 Å². The molecule has 0 aromatic rings. The Morgan fingerprint density at radius 3 is 2.24 bits per heavy atom. The Morgan fingerprint density at radius 1 is 1.06 bits per heavy atom. The van der Waals surface area contributed by atoms with Gasteiger partial charge in [0.1, 0.15) is 0 Å². The van der Waals surface area contributed by atoms with Crippen LogP contribution >= 0.6 is 0 Å². The number of aliphatic hydroxyl groups is 1. The van der Waals surface area contributed by atoms with E-state index < -0.39 is 5.60 Å². The first-order valence-corrected chi connectivity index (χ1v) is 7.65. The lowest BCUT2D eigenvalue weighted by Crippen LogP contribution is -2.45. The molecule has 0 spiro atoms. The summed E-state index contributed by atoms with van der Waals surface area (Å²) >= 11 is 0. The number of hydrogen-bond donors (Lipinski definition) is 2. The van der Waals surface area contributed by atoms with Crippen molar-refractivity contribution in [3.05, 3.63) is 0 Å². The molecule has 0 heterocycles. The van der Waals surface area contributed by atoms with Crippen LogP contribution in [0.3, 0.4) is 0 Å². The SMILES string of the molecule is CC(NCC1(O)CCCCCC1)C1CCCC1. The van der Waals surface area contributed by atoms with Gasteiger partial charge in [0.25, 0.3) is 0 Å². The molecule has 0 aromatic carbocycles. The quantitative estimate of drug-likeness (QED) is 0.738. The van der Waals surface area contributed by atoms with Crippen LogP contribution < -0.4 is 5.32 Å². The van der Waals surface area contributed by atoms with Gasteiger partial charge in [-0.1, -0.05) is 38.5 Å². The van der Waals surface area contributed by atoms with E-state index in [4.69, 9.17) is 0 Å². The predicted octanol–water partition coefficient (Wildman–Crippen LogP) is 3.24. The molecular weight excluding hydrogens is 210 g/mol. The molecule has 2 rings (SSSR count). The lowest BCUT2D eigenvalue weighted by Gasteiger charge is -2.30. The highest BCUT2D eigenvalue weighted by atomic mass is 16.3. The van der Waals surface area contributed by atoms with Gasteiger partial charge in [0.15, 0.2) is 0 Å². The predicted molar refractivity (Wildman–Crippen MR) is 72.1 cm³/mol. The van der Waals surface area contributed by atoms with E-state index in [9.17, 15) is 5.11 Å². The average molecular weight is 239 g/mol. The summed E-state index contributed by atoms with van der Waals surface area (Å²) in [5.41, 5.74) is -0.413. The molecule has 0 aliphatic heterocycles. The molecule has 2 aliphatic carbocycles. The van der Waals surface area contributed by atoms with Gasteiger partial charge in [0, 0.05) is 12.6 Å². The van der Waals surface area contributed by atoms with Crippen LogP contribution in [-0.2, 0) is 0 Å². The number of rotatable bonds is 4. The average Bonchev–Trinajstić information content (AvgIpc) is 2.77. The Hall–Kier alpha value is -0.0800. The van der Waals surface area contributed by atoms with Crippen molar-refractivity contribution in [1.29, 1.82) is 0 Å². The van der Waals surface area contributed by atoms with Crippen molar-refractivity contribution < 1.29 is 5.11 Å². The standard InChI is InChI=1S/C15H29NO/c1-13(14-8-4-5-9-14)16-12-15(17)10-6-2-3-7-11-15/h13-14,16-17H,2-12H2,1H3. The lowest BCUT2D eigenvalue weighted by atomic mass is 9.93. The fourth-order valence-electron chi connectivity index (χ4n) is 3.54. The number of nitrogens with one attached hydrogen (secondary N) is 1. The fourth-order valence-corrected chi connectivity index (χ4v) is 3.54. The van der Waals surface area contributed by atoms with Crippen molar-refractivity contribution in [2.75, 3.05) is 6.54 Å². The first-order chi connectivity index (χ1) is 8.20. The Labute approximate surface area is 106 Å². The second-order valence-electron chi connectivity index (χ2n) is 6.35. The maximum Gasteiger partial charge on any atom is 0.0771 e. The maximum absolute atomic E-state index is 10.6. The summed E-state index contributed by atoms with van der Waals surface area (Å²) in [6, 6.07) is 0.588. The molecule has 1 atom stereocenters. The summed E-state index contributed by atoms with van der Waals surface area (Å²) < 4.78 is 0. The van der Waals surface area contributed by atoms with Crippen molar-refractivity contribution >= 4 is 0 Å². The second kappa shape index (κ2) is 6.19. The first kappa shape index (κ1) is 13.4. The summed E-state index contributed by atoms with van der Waals surface area (Å²) in [7, 11) is 0. The third-order valence-electron chi connectivity index (χ3n) is 4.89.